The monoisotopic (exact) mass is 719 g/mol. The molecule has 0 aliphatic carbocycles. The van der Waals surface area contributed by atoms with Gasteiger partial charge in [0.05, 0.1) is 19.0 Å². The SMILES string of the molecule is CCCCCCCCCCCCCCCCOC[C@H]1OC(C)(CCCS(=O)(=O)O)O[C@@H]1COCCCCCCCCCCCCCCCC. The van der Waals surface area contributed by atoms with Crippen molar-refractivity contribution < 1.29 is 31.9 Å². The van der Waals surface area contributed by atoms with Gasteiger partial charge < -0.3 is 18.9 Å². The Hall–Kier alpha value is -0.250. The fourth-order valence-electron chi connectivity index (χ4n) is 6.99. The molecule has 1 saturated heterocycles. The van der Waals surface area contributed by atoms with Crippen molar-refractivity contribution >= 4 is 10.1 Å². The lowest BCUT2D eigenvalue weighted by Crippen LogP contribution is -2.32. The average Bonchev–Trinajstić information content (AvgIpc) is 3.38. The Labute approximate surface area is 304 Å². The molecule has 49 heavy (non-hydrogen) atoms. The van der Waals surface area contributed by atoms with Crippen molar-refractivity contribution in [3.05, 3.63) is 0 Å². The molecule has 1 N–H and O–H groups in total. The summed E-state index contributed by atoms with van der Waals surface area (Å²) in [6, 6.07) is 0. The summed E-state index contributed by atoms with van der Waals surface area (Å²) in [7, 11) is -4.01. The van der Waals surface area contributed by atoms with Crippen molar-refractivity contribution in [1.29, 1.82) is 0 Å². The van der Waals surface area contributed by atoms with Crippen LogP contribution in [-0.2, 0) is 29.1 Å². The third-order valence-corrected chi connectivity index (χ3v) is 10.9. The van der Waals surface area contributed by atoms with Gasteiger partial charge in [-0.15, -0.1) is 0 Å². The second-order valence-electron chi connectivity index (χ2n) is 15.2. The van der Waals surface area contributed by atoms with E-state index in [9.17, 15) is 8.42 Å². The Morgan fingerprint density at radius 3 is 1.06 bits per heavy atom. The molecule has 1 fully saturated rings. The standard InChI is InChI=1S/C41H82O7S/c1-4-6-8-10-12-14-16-18-20-22-24-26-28-30-34-45-37-39-40(48-41(3,47-39)33-32-36-49(42,43)44)38-46-35-31-29-27-25-23-21-19-17-15-13-11-9-7-5-2/h39-40H,4-38H2,1-3H3,(H,42,43,44)/t39-,40-/m1/s1. The van der Waals surface area contributed by atoms with E-state index < -0.39 is 15.9 Å². The summed E-state index contributed by atoms with van der Waals surface area (Å²) >= 11 is 0. The van der Waals surface area contributed by atoms with Crippen LogP contribution in [0.1, 0.15) is 213 Å². The van der Waals surface area contributed by atoms with E-state index in [-0.39, 0.29) is 24.4 Å². The summed E-state index contributed by atoms with van der Waals surface area (Å²) in [5, 5.41) is 0. The van der Waals surface area contributed by atoms with Crippen LogP contribution in [0.3, 0.4) is 0 Å². The zero-order valence-electron chi connectivity index (χ0n) is 32.7. The lowest BCUT2D eigenvalue weighted by Gasteiger charge is -2.23. The number of ether oxygens (including phenoxy) is 4. The van der Waals surface area contributed by atoms with Gasteiger partial charge in [-0.2, -0.15) is 8.42 Å². The van der Waals surface area contributed by atoms with Crippen LogP contribution in [0.2, 0.25) is 0 Å². The summed E-state index contributed by atoms with van der Waals surface area (Å²) in [5.74, 6) is -1.20. The topological polar surface area (TPSA) is 91.3 Å². The maximum Gasteiger partial charge on any atom is 0.264 e. The number of unbranched alkanes of at least 4 members (excludes halogenated alkanes) is 26. The first kappa shape index (κ1) is 46.8. The van der Waals surface area contributed by atoms with Gasteiger partial charge in [-0.3, -0.25) is 4.55 Å². The summed E-state index contributed by atoms with van der Waals surface area (Å²) in [6.45, 7) is 8.72. The van der Waals surface area contributed by atoms with E-state index in [4.69, 9.17) is 23.5 Å². The molecule has 1 aliphatic rings. The van der Waals surface area contributed by atoms with Gasteiger partial charge in [-0.05, 0) is 26.2 Å². The van der Waals surface area contributed by atoms with Crippen molar-refractivity contribution in [3.8, 4) is 0 Å². The van der Waals surface area contributed by atoms with E-state index >= 15 is 0 Å². The zero-order chi connectivity index (χ0) is 35.7. The highest BCUT2D eigenvalue weighted by atomic mass is 32.2. The van der Waals surface area contributed by atoms with Gasteiger partial charge in [0, 0.05) is 19.6 Å². The highest BCUT2D eigenvalue weighted by Crippen LogP contribution is 2.33. The predicted octanol–water partition coefficient (Wildman–Crippen LogP) is 12.2. The Kier molecular flexibility index (Phi) is 30.9. The molecule has 2 atom stereocenters. The van der Waals surface area contributed by atoms with Crippen molar-refractivity contribution in [2.45, 2.75) is 231 Å². The molecule has 0 unspecified atom stereocenters. The minimum Gasteiger partial charge on any atom is -0.379 e. The number of hydrogen-bond donors (Lipinski definition) is 1. The highest BCUT2D eigenvalue weighted by Gasteiger charge is 2.44. The molecule has 0 saturated carbocycles. The predicted molar refractivity (Wildman–Crippen MR) is 206 cm³/mol. The molecule has 294 valence electrons. The van der Waals surface area contributed by atoms with Gasteiger partial charge in [0.15, 0.2) is 5.79 Å². The van der Waals surface area contributed by atoms with Crippen LogP contribution in [0.15, 0.2) is 0 Å². The molecule has 7 nitrogen and oxygen atoms in total. The third kappa shape index (κ3) is 30.0. The molecular weight excluding hydrogens is 637 g/mol. The van der Waals surface area contributed by atoms with Crippen LogP contribution in [0.4, 0.5) is 0 Å². The van der Waals surface area contributed by atoms with Crippen molar-refractivity contribution in [3.63, 3.8) is 0 Å². The van der Waals surface area contributed by atoms with E-state index in [0.29, 0.717) is 32.8 Å². The molecule has 1 heterocycles. The molecule has 0 aromatic heterocycles. The molecule has 1 rings (SSSR count). The van der Waals surface area contributed by atoms with Crippen molar-refractivity contribution in [1.82, 2.24) is 0 Å². The van der Waals surface area contributed by atoms with E-state index in [1.165, 1.54) is 167 Å². The largest absolute Gasteiger partial charge is 0.379 e. The minimum atomic E-state index is -4.01. The maximum atomic E-state index is 11.2. The molecular formula is C41H82O7S. The second-order valence-corrected chi connectivity index (χ2v) is 16.8. The lowest BCUT2D eigenvalue weighted by atomic mass is 10.0. The maximum absolute atomic E-state index is 11.2. The van der Waals surface area contributed by atoms with Gasteiger partial charge in [0.1, 0.15) is 12.2 Å². The molecule has 0 aromatic rings. The molecule has 0 spiro atoms. The van der Waals surface area contributed by atoms with Crippen LogP contribution in [0.5, 0.6) is 0 Å². The normalized spacial score (nSPS) is 17.7. The second kappa shape index (κ2) is 32.4. The van der Waals surface area contributed by atoms with E-state index in [1.807, 2.05) is 6.92 Å². The smallest absolute Gasteiger partial charge is 0.264 e. The fourth-order valence-corrected chi connectivity index (χ4v) is 7.50. The zero-order valence-corrected chi connectivity index (χ0v) is 33.5. The van der Waals surface area contributed by atoms with Crippen LogP contribution >= 0.6 is 0 Å². The first-order valence-electron chi connectivity index (χ1n) is 21.3. The summed E-state index contributed by atoms with van der Waals surface area (Å²) in [5.41, 5.74) is 0. The lowest BCUT2D eigenvalue weighted by molar-refractivity contribution is -0.172. The van der Waals surface area contributed by atoms with E-state index in [0.717, 1.165) is 12.8 Å². The molecule has 0 aromatic carbocycles. The first-order chi connectivity index (χ1) is 23.8. The number of rotatable bonds is 38. The number of hydrogen-bond acceptors (Lipinski definition) is 6. The van der Waals surface area contributed by atoms with Crippen LogP contribution < -0.4 is 0 Å². The van der Waals surface area contributed by atoms with Gasteiger partial charge in [0.25, 0.3) is 10.1 Å². The highest BCUT2D eigenvalue weighted by molar-refractivity contribution is 7.85. The summed E-state index contributed by atoms with van der Waals surface area (Å²) in [6.07, 6.45) is 37.6. The van der Waals surface area contributed by atoms with Crippen LogP contribution in [-0.4, -0.2) is 63.1 Å². The van der Waals surface area contributed by atoms with Crippen LogP contribution in [0.25, 0.3) is 0 Å². The molecule has 8 heteroatoms. The van der Waals surface area contributed by atoms with Gasteiger partial charge in [-0.1, -0.05) is 181 Å². The van der Waals surface area contributed by atoms with Crippen molar-refractivity contribution in [2.24, 2.45) is 0 Å². The molecule has 0 radical (unpaired) electrons. The van der Waals surface area contributed by atoms with Gasteiger partial charge >= 0.3 is 0 Å². The summed E-state index contributed by atoms with van der Waals surface area (Å²) in [4.78, 5) is 0. The Morgan fingerprint density at radius 1 is 0.490 bits per heavy atom. The third-order valence-electron chi connectivity index (χ3n) is 10.1. The van der Waals surface area contributed by atoms with Crippen LogP contribution in [0, 0.1) is 0 Å². The Bertz CT molecular complexity index is 762. The van der Waals surface area contributed by atoms with Crippen molar-refractivity contribution in [2.75, 3.05) is 32.2 Å². The Morgan fingerprint density at radius 2 is 0.776 bits per heavy atom. The van der Waals surface area contributed by atoms with E-state index in [2.05, 4.69) is 13.8 Å². The molecule has 0 amide bonds. The molecule has 0 bridgehead atoms. The Balaban J connectivity index is 2.16. The van der Waals surface area contributed by atoms with Gasteiger partial charge in [-0.25, -0.2) is 0 Å². The van der Waals surface area contributed by atoms with Gasteiger partial charge in [0.2, 0.25) is 0 Å². The average molecular weight is 719 g/mol. The minimum absolute atomic E-state index is 0.251. The quantitative estimate of drug-likeness (QED) is 0.0502. The van der Waals surface area contributed by atoms with E-state index in [1.54, 1.807) is 0 Å². The summed E-state index contributed by atoms with van der Waals surface area (Å²) < 4.78 is 56.2. The fraction of sp³-hybridized carbons (Fsp3) is 1.00. The molecule has 1 aliphatic heterocycles. The first-order valence-corrected chi connectivity index (χ1v) is 22.9.